The molecule has 0 saturated heterocycles. The highest BCUT2D eigenvalue weighted by atomic mass is 14.9. The van der Waals surface area contributed by atoms with Gasteiger partial charge in [-0.05, 0) is 41.0 Å². The summed E-state index contributed by atoms with van der Waals surface area (Å²) in [4.78, 5) is 0. The van der Waals surface area contributed by atoms with Crippen LogP contribution >= 0.6 is 0 Å². The van der Waals surface area contributed by atoms with Crippen molar-refractivity contribution in [2.45, 2.75) is 0 Å². The normalized spacial score (nSPS) is 10.3. The third kappa shape index (κ3) is 2.36. The number of benzene rings is 2. The van der Waals surface area contributed by atoms with Crippen molar-refractivity contribution in [2.24, 2.45) is 0 Å². The van der Waals surface area contributed by atoms with Crippen LogP contribution in [-0.2, 0) is 0 Å². The summed E-state index contributed by atoms with van der Waals surface area (Å²) in [5.41, 5.74) is 4.53. The predicted octanol–water partition coefficient (Wildman–Crippen LogP) is 4.54. The first-order valence-electron chi connectivity index (χ1n) is 6.33. The van der Waals surface area contributed by atoms with Gasteiger partial charge in [0.25, 0.3) is 0 Å². The molecule has 92 valence electrons. The molecule has 0 atom stereocenters. The third-order valence-electron chi connectivity index (χ3n) is 3.24. The lowest BCUT2D eigenvalue weighted by atomic mass is 9.99. The van der Waals surface area contributed by atoms with Crippen molar-refractivity contribution >= 4 is 5.57 Å². The lowest BCUT2D eigenvalue weighted by Gasteiger charge is -2.08. The fraction of sp³-hybridized carbons (Fsp3) is 0. The van der Waals surface area contributed by atoms with E-state index in [4.69, 9.17) is 0 Å². The average Bonchev–Trinajstić information content (AvgIpc) is 3.02. The molecule has 0 saturated carbocycles. The van der Waals surface area contributed by atoms with E-state index in [1.165, 1.54) is 0 Å². The number of hydrogen-bond acceptors (Lipinski definition) is 0. The maximum Gasteiger partial charge on any atom is 0.0449 e. The zero-order chi connectivity index (χ0) is 13.1. The Bertz CT molecular complexity index is 661. The van der Waals surface area contributed by atoms with Crippen LogP contribution in [0, 0.1) is 0 Å². The molecule has 1 heterocycles. The molecule has 0 N–H and O–H groups in total. The molecule has 0 unspecified atom stereocenters. The largest absolute Gasteiger partial charge is 0.324 e. The van der Waals surface area contributed by atoms with Crippen molar-refractivity contribution in [3.63, 3.8) is 0 Å². The van der Waals surface area contributed by atoms with Crippen LogP contribution in [0.5, 0.6) is 0 Å². The summed E-state index contributed by atoms with van der Waals surface area (Å²) in [6, 6.07) is 22.8. The topological polar surface area (TPSA) is 4.93 Å². The van der Waals surface area contributed by atoms with Crippen molar-refractivity contribution in [1.82, 2.24) is 4.57 Å². The molecule has 0 aliphatic rings. The molecule has 2 aromatic carbocycles. The zero-order valence-electron chi connectivity index (χ0n) is 10.7. The maximum atomic E-state index is 4.18. The molecule has 1 aromatic heterocycles. The van der Waals surface area contributed by atoms with Crippen LogP contribution in [0.25, 0.3) is 11.3 Å². The summed E-state index contributed by atoms with van der Waals surface area (Å²) in [5, 5.41) is 0. The van der Waals surface area contributed by atoms with Crippen molar-refractivity contribution in [3.05, 3.63) is 96.8 Å². The molecule has 0 radical (unpaired) electrons. The Hall–Kier alpha value is -2.54. The molecule has 0 aliphatic carbocycles. The molecule has 3 aromatic rings. The van der Waals surface area contributed by atoms with Crippen LogP contribution in [0.3, 0.4) is 0 Å². The summed E-state index contributed by atoms with van der Waals surface area (Å²) < 4.78 is 2.09. The molecule has 0 fully saturated rings. The molecule has 0 aliphatic heterocycles. The van der Waals surface area contributed by atoms with Crippen molar-refractivity contribution in [1.29, 1.82) is 0 Å². The van der Waals surface area contributed by atoms with E-state index in [2.05, 4.69) is 47.5 Å². The second-order valence-electron chi connectivity index (χ2n) is 4.48. The highest BCUT2D eigenvalue weighted by Crippen LogP contribution is 2.22. The van der Waals surface area contributed by atoms with E-state index in [9.17, 15) is 0 Å². The van der Waals surface area contributed by atoms with Gasteiger partial charge in [0.05, 0.1) is 0 Å². The molecule has 1 heteroatoms. The smallest absolute Gasteiger partial charge is 0.0449 e. The van der Waals surface area contributed by atoms with Gasteiger partial charge < -0.3 is 4.57 Å². The molecule has 3 rings (SSSR count). The minimum absolute atomic E-state index is 1.06. The first-order valence-corrected chi connectivity index (χ1v) is 6.33. The third-order valence-corrected chi connectivity index (χ3v) is 3.24. The van der Waals surface area contributed by atoms with Gasteiger partial charge in [0.15, 0.2) is 0 Å². The van der Waals surface area contributed by atoms with E-state index < -0.39 is 0 Å². The Kier molecular flexibility index (Phi) is 3.03. The van der Waals surface area contributed by atoms with Crippen molar-refractivity contribution in [2.75, 3.05) is 0 Å². The van der Waals surface area contributed by atoms with Crippen molar-refractivity contribution in [3.8, 4) is 5.69 Å². The summed E-state index contributed by atoms with van der Waals surface area (Å²) in [6.45, 7) is 4.18. The standard InChI is InChI=1S/C18H15N/c1-15(16-7-3-2-4-8-16)17-9-11-18(12-10-17)19-13-5-6-14-19/h2-14H,1H2. The van der Waals surface area contributed by atoms with Crippen molar-refractivity contribution < 1.29 is 0 Å². The Morgan fingerprint density at radius 2 is 1.26 bits per heavy atom. The molecule has 1 nitrogen and oxygen atoms in total. The first kappa shape index (κ1) is 11.5. The molecular formula is C18H15N. The van der Waals surface area contributed by atoms with Crippen LogP contribution in [0.4, 0.5) is 0 Å². The monoisotopic (exact) mass is 245 g/mol. The van der Waals surface area contributed by atoms with E-state index in [-0.39, 0.29) is 0 Å². The van der Waals surface area contributed by atoms with E-state index in [1.54, 1.807) is 0 Å². The Labute approximate surface area is 113 Å². The number of hydrogen-bond donors (Lipinski definition) is 0. The Morgan fingerprint density at radius 3 is 1.89 bits per heavy atom. The van der Waals surface area contributed by atoms with E-state index in [0.29, 0.717) is 0 Å². The fourth-order valence-electron chi connectivity index (χ4n) is 2.15. The van der Waals surface area contributed by atoms with Crippen LogP contribution in [-0.4, -0.2) is 4.57 Å². The van der Waals surface area contributed by atoms with Gasteiger partial charge in [-0.3, -0.25) is 0 Å². The average molecular weight is 245 g/mol. The molecule has 0 spiro atoms. The van der Waals surface area contributed by atoms with Gasteiger partial charge in [0.2, 0.25) is 0 Å². The van der Waals surface area contributed by atoms with E-state index >= 15 is 0 Å². The highest BCUT2D eigenvalue weighted by Gasteiger charge is 2.02. The Morgan fingerprint density at radius 1 is 0.684 bits per heavy atom. The molecule has 19 heavy (non-hydrogen) atoms. The fourth-order valence-corrected chi connectivity index (χ4v) is 2.15. The summed E-state index contributed by atoms with van der Waals surface area (Å²) in [6.07, 6.45) is 4.09. The van der Waals surface area contributed by atoms with Gasteiger partial charge in [0, 0.05) is 18.1 Å². The first-order chi connectivity index (χ1) is 9.34. The van der Waals surface area contributed by atoms with E-state index in [1.807, 2.05) is 42.7 Å². The SMILES string of the molecule is C=C(c1ccccc1)c1ccc(-n2cccc2)cc1. The molecule has 0 amide bonds. The van der Waals surface area contributed by atoms with Gasteiger partial charge in [0.1, 0.15) is 0 Å². The molecule has 0 bridgehead atoms. The van der Waals surface area contributed by atoms with Crippen LogP contribution in [0.1, 0.15) is 11.1 Å². The number of aromatic nitrogens is 1. The Balaban J connectivity index is 1.89. The maximum absolute atomic E-state index is 4.18. The quantitative estimate of drug-likeness (QED) is 0.638. The van der Waals surface area contributed by atoms with Gasteiger partial charge in [-0.25, -0.2) is 0 Å². The number of rotatable bonds is 3. The van der Waals surface area contributed by atoms with Crippen LogP contribution < -0.4 is 0 Å². The van der Waals surface area contributed by atoms with Gasteiger partial charge in [-0.15, -0.1) is 0 Å². The highest BCUT2D eigenvalue weighted by molar-refractivity contribution is 5.78. The van der Waals surface area contributed by atoms with Crippen LogP contribution in [0.2, 0.25) is 0 Å². The second-order valence-corrected chi connectivity index (χ2v) is 4.48. The summed E-state index contributed by atoms with van der Waals surface area (Å²) in [5.74, 6) is 0. The molecular weight excluding hydrogens is 230 g/mol. The lowest BCUT2D eigenvalue weighted by Crippen LogP contribution is -1.91. The predicted molar refractivity (Wildman–Crippen MR) is 80.3 cm³/mol. The minimum Gasteiger partial charge on any atom is -0.324 e. The second kappa shape index (κ2) is 4.99. The van der Waals surface area contributed by atoms with Gasteiger partial charge >= 0.3 is 0 Å². The van der Waals surface area contributed by atoms with Crippen LogP contribution in [0.15, 0.2) is 85.7 Å². The lowest BCUT2D eigenvalue weighted by molar-refractivity contribution is 1.08. The number of nitrogens with zero attached hydrogens (tertiary/aromatic N) is 1. The van der Waals surface area contributed by atoms with Gasteiger partial charge in [-0.1, -0.05) is 49.0 Å². The van der Waals surface area contributed by atoms with E-state index in [0.717, 1.165) is 22.4 Å². The minimum atomic E-state index is 1.06. The summed E-state index contributed by atoms with van der Waals surface area (Å²) in [7, 11) is 0. The van der Waals surface area contributed by atoms with Gasteiger partial charge in [-0.2, -0.15) is 0 Å². The zero-order valence-corrected chi connectivity index (χ0v) is 10.7. The summed E-state index contributed by atoms with van der Waals surface area (Å²) >= 11 is 0.